The van der Waals surface area contributed by atoms with Crippen LogP contribution in [0.5, 0.6) is 0 Å². The third-order valence-corrected chi connectivity index (χ3v) is 2.73. The standard InChI is InChI=1S/C15H23N3O2/c1-15(2,11-18(3)4)10-16-14(20)17-13(19)12-8-6-5-7-9-12/h5-9H,10-11H2,1-4H3,(H2,16,17,19,20). The van der Waals surface area contributed by atoms with Gasteiger partial charge in [0, 0.05) is 18.7 Å². The van der Waals surface area contributed by atoms with Crippen LogP contribution in [0, 0.1) is 5.41 Å². The summed E-state index contributed by atoms with van der Waals surface area (Å²) in [5.41, 5.74) is 0.409. The van der Waals surface area contributed by atoms with E-state index in [4.69, 9.17) is 0 Å². The van der Waals surface area contributed by atoms with Crippen molar-refractivity contribution in [2.24, 2.45) is 5.41 Å². The van der Waals surface area contributed by atoms with Crippen LogP contribution in [-0.2, 0) is 0 Å². The smallest absolute Gasteiger partial charge is 0.321 e. The first kappa shape index (κ1) is 16.2. The van der Waals surface area contributed by atoms with Crippen molar-refractivity contribution < 1.29 is 9.59 Å². The molecule has 0 heterocycles. The van der Waals surface area contributed by atoms with Gasteiger partial charge in [-0.3, -0.25) is 10.1 Å². The number of nitrogens with one attached hydrogen (secondary N) is 2. The average Bonchev–Trinajstić information content (AvgIpc) is 2.36. The number of nitrogens with zero attached hydrogens (tertiary/aromatic N) is 1. The molecule has 0 aromatic heterocycles. The van der Waals surface area contributed by atoms with Crippen LogP contribution in [0.3, 0.4) is 0 Å². The lowest BCUT2D eigenvalue weighted by Crippen LogP contribution is -2.45. The maximum Gasteiger partial charge on any atom is 0.321 e. The monoisotopic (exact) mass is 277 g/mol. The second-order valence-electron chi connectivity index (χ2n) is 5.90. The van der Waals surface area contributed by atoms with Crippen molar-refractivity contribution in [3.63, 3.8) is 0 Å². The molecule has 1 aromatic rings. The molecule has 1 rings (SSSR count). The number of hydrogen-bond acceptors (Lipinski definition) is 3. The zero-order chi connectivity index (χ0) is 15.2. The summed E-state index contributed by atoms with van der Waals surface area (Å²) in [5, 5.41) is 5.05. The van der Waals surface area contributed by atoms with Gasteiger partial charge in [0.05, 0.1) is 0 Å². The molecule has 0 saturated heterocycles. The Morgan fingerprint density at radius 1 is 1.15 bits per heavy atom. The molecule has 2 N–H and O–H groups in total. The third kappa shape index (κ3) is 5.84. The van der Waals surface area contributed by atoms with Crippen molar-refractivity contribution in [3.8, 4) is 0 Å². The molecule has 3 amide bonds. The van der Waals surface area contributed by atoms with Gasteiger partial charge in [-0.15, -0.1) is 0 Å². The van der Waals surface area contributed by atoms with Gasteiger partial charge in [0.15, 0.2) is 0 Å². The van der Waals surface area contributed by atoms with Crippen LogP contribution < -0.4 is 10.6 Å². The Balaban J connectivity index is 2.43. The molecule has 20 heavy (non-hydrogen) atoms. The number of hydrogen-bond donors (Lipinski definition) is 2. The summed E-state index contributed by atoms with van der Waals surface area (Å²) in [4.78, 5) is 25.5. The van der Waals surface area contributed by atoms with E-state index in [9.17, 15) is 9.59 Å². The molecule has 5 nitrogen and oxygen atoms in total. The van der Waals surface area contributed by atoms with E-state index in [2.05, 4.69) is 29.4 Å². The minimum absolute atomic E-state index is 0.0589. The van der Waals surface area contributed by atoms with Crippen LogP contribution in [-0.4, -0.2) is 44.0 Å². The average molecular weight is 277 g/mol. The first-order valence-corrected chi connectivity index (χ1v) is 6.59. The number of amides is 3. The second kappa shape index (κ2) is 7.05. The van der Waals surface area contributed by atoms with Crippen molar-refractivity contribution in [2.75, 3.05) is 27.2 Å². The number of carbonyl (C=O) groups excluding carboxylic acids is 2. The van der Waals surface area contributed by atoms with Gasteiger partial charge in [-0.1, -0.05) is 32.0 Å². The maximum absolute atomic E-state index is 11.8. The fourth-order valence-corrected chi connectivity index (χ4v) is 2.04. The van der Waals surface area contributed by atoms with Crippen molar-refractivity contribution in [3.05, 3.63) is 35.9 Å². The SMILES string of the molecule is CN(C)CC(C)(C)CNC(=O)NC(=O)c1ccccc1. The zero-order valence-electron chi connectivity index (χ0n) is 12.6. The third-order valence-electron chi connectivity index (χ3n) is 2.73. The topological polar surface area (TPSA) is 61.4 Å². The number of imide groups is 1. The molecule has 0 aliphatic heterocycles. The van der Waals surface area contributed by atoms with Crippen LogP contribution in [0.15, 0.2) is 30.3 Å². The van der Waals surface area contributed by atoms with Gasteiger partial charge in [0.25, 0.3) is 5.91 Å². The predicted molar refractivity (Wildman–Crippen MR) is 79.6 cm³/mol. The summed E-state index contributed by atoms with van der Waals surface area (Å²) in [7, 11) is 3.97. The molecule has 0 saturated carbocycles. The molecule has 0 radical (unpaired) electrons. The van der Waals surface area contributed by atoms with E-state index in [1.807, 2.05) is 20.2 Å². The molecule has 5 heteroatoms. The fourth-order valence-electron chi connectivity index (χ4n) is 2.04. The lowest BCUT2D eigenvalue weighted by Gasteiger charge is -2.28. The first-order chi connectivity index (χ1) is 9.30. The van der Waals surface area contributed by atoms with E-state index < -0.39 is 11.9 Å². The molecule has 0 aliphatic carbocycles. The molecular weight excluding hydrogens is 254 g/mol. The summed E-state index contributed by atoms with van der Waals surface area (Å²) in [6, 6.07) is 8.20. The first-order valence-electron chi connectivity index (χ1n) is 6.59. The quantitative estimate of drug-likeness (QED) is 0.861. The Kier molecular flexibility index (Phi) is 5.70. The van der Waals surface area contributed by atoms with Crippen LogP contribution in [0.1, 0.15) is 24.2 Å². The minimum Gasteiger partial charge on any atom is -0.337 e. The van der Waals surface area contributed by atoms with Gasteiger partial charge in [0.2, 0.25) is 0 Å². The highest BCUT2D eigenvalue weighted by molar-refractivity contribution is 6.04. The zero-order valence-corrected chi connectivity index (χ0v) is 12.6. The fraction of sp³-hybridized carbons (Fsp3) is 0.467. The summed E-state index contributed by atoms with van der Waals surface area (Å²) < 4.78 is 0. The Morgan fingerprint density at radius 3 is 2.30 bits per heavy atom. The summed E-state index contributed by atoms with van der Waals surface area (Å²) in [6.07, 6.45) is 0. The largest absolute Gasteiger partial charge is 0.337 e. The van der Waals surface area contributed by atoms with Gasteiger partial charge in [0.1, 0.15) is 0 Å². The van der Waals surface area contributed by atoms with Crippen molar-refractivity contribution >= 4 is 11.9 Å². The van der Waals surface area contributed by atoms with E-state index in [1.165, 1.54) is 0 Å². The van der Waals surface area contributed by atoms with Crippen molar-refractivity contribution in [1.82, 2.24) is 15.5 Å². The van der Waals surface area contributed by atoms with Gasteiger partial charge in [-0.05, 0) is 31.6 Å². The number of urea groups is 1. The molecule has 0 atom stereocenters. The summed E-state index contributed by atoms with van der Waals surface area (Å²) in [5.74, 6) is -0.395. The van der Waals surface area contributed by atoms with E-state index in [0.717, 1.165) is 6.54 Å². The highest BCUT2D eigenvalue weighted by atomic mass is 16.2. The second-order valence-corrected chi connectivity index (χ2v) is 5.90. The molecule has 0 aliphatic rings. The van der Waals surface area contributed by atoms with E-state index >= 15 is 0 Å². The van der Waals surface area contributed by atoms with Gasteiger partial charge in [-0.2, -0.15) is 0 Å². The minimum atomic E-state index is -0.467. The summed E-state index contributed by atoms with van der Waals surface area (Å²) in [6.45, 7) is 5.47. The van der Waals surface area contributed by atoms with Crippen LogP contribution in [0.4, 0.5) is 4.79 Å². The van der Waals surface area contributed by atoms with Gasteiger partial charge in [-0.25, -0.2) is 4.79 Å². The molecule has 0 bridgehead atoms. The normalized spacial score (nSPS) is 11.2. The van der Waals surface area contributed by atoms with E-state index in [-0.39, 0.29) is 5.41 Å². The molecule has 0 unspecified atom stereocenters. The van der Waals surface area contributed by atoms with Crippen molar-refractivity contribution in [1.29, 1.82) is 0 Å². The molecular formula is C15H23N3O2. The molecule has 0 fully saturated rings. The lowest BCUT2D eigenvalue weighted by atomic mass is 9.93. The molecule has 0 spiro atoms. The highest BCUT2D eigenvalue weighted by Crippen LogP contribution is 2.13. The molecule has 110 valence electrons. The Labute approximate surface area is 120 Å². The van der Waals surface area contributed by atoms with Crippen LogP contribution in [0.25, 0.3) is 0 Å². The van der Waals surface area contributed by atoms with Crippen LogP contribution >= 0.6 is 0 Å². The van der Waals surface area contributed by atoms with Gasteiger partial charge < -0.3 is 10.2 Å². The maximum atomic E-state index is 11.8. The Morgan fingerprint density at radius 2 is 1.75 bits per heavy atom. The highest BCUT2D eigenvalue weighted by Gasteiger charge is 2.20. The lowest BCUT2D eigenvalue weighted by molar-refractivity contribution is 0.0962. The molecule has 1 aromatic carbocycles. The van der Waals surface area contributed by atoms with E-state index in [0.29, 0.717) is 12.1 Å². The Hall–Kier alpha value is -1.88. The number of benzene rings is 1. The van der Waals surface area contributed by atoms with Crippen LogP contribution in [0.2, 0.25) is 0 Å². The Bertz CT molecular complexity index is 455. The number of carbonyl (C=O) groups is 2. The predicted octanol–water partition coefficient (Wildman–Crippen LogP) is 1.71. The van der Waals surface area contributed by atoms with Crippen molar-refractivity contribution in [2.45, 2.75) is 13.8 Å². The van der Waals surface area contributed by atoms with E-state index in [1.54, 1.807) is 24.3 Å². The number of rotatable bonds is 5. The summed E-state index contributed by atoms with van der Waals surface area (Å²) >= 11 is 0. The van der Waals surface area contributed by atoms with Gasteiger partial charge >= 0.3 is 6.03 Å².